The molecule has 2 rings (SSSR count). The fraction of sp³-hybridized carbons (Fsp3) is 0.611. The third-order valence-corrected chi connectivity index (χ3v) is 4.24. The van der Waals surface area contributed by atoms with Crippen LogP contribution in [0.1, 0.15) is 45.6 Å². The summed E-state index contributed by atoms with van der Waals surface area (Å²) in [4.78, 5) is 14.0. The Hall–Kier alpha value is -1.82. The van der Waals surface area contributed by atoms with Gasteiger partial charge in [-0.05, 0) is 58.2 Å². The predicted molar refractivity (Wildman–Crippen MR) is 92.4 cm³/mol. The Balaban J connectivity index is 2.00. The predicted octanol–water partition coefficient (Wildman–Crippen LogP) is 2.78. The van der Waals surface area contributed by atoms with Gasteiger partial charge in [0.2, 0.25) is 0 Å². The zero-order chi connectivity index (χ0) is 18.1. The highest BCUT2D eigenvalue weighted by Crippen LogP contribution is 2.32. The number of rotatable bonds is 3. The smallest absolute Gasteiger partial charge is 0.309 e. The molecule has 24 heavy (non-hydrogen) atoms. The minimum Gasteiger partial charge on any atom is -0.460 e. The number of ether oxygens (including phenoxy) is 1. The first kappa shape index (κ1) is 18.5. The van der Waals surface area contributed by atoms with Crippen molar-refractivity contribution in [2.24, 2.45) is 0 Å². The van der Waals surface area contributed by atoms with Gasteiger partial charge in [0.1, 0.15) is 11.4 Å². The van der Waals surface area contributed by atoms with Gasteiger partial charge in [-0.3, -0.25) is 4.79 Å². The molecule has 134 valence electrons. The number of benzene rings is 1. The number of hydrogen-bond acceptors (Lipinski definition) is 5. The Morgan fingerprint density at radius 3 is 2.50 bits per heavy atom. The topological polar surface area (TPSA) is 75.8 Å². The lowest BCUT2D eigenvalue weighted by atomic mass is 9.87. The number of anilines is 2. The second-order valence-electron chi connectivity index (χ2n) is 7.63. The zero-order valence-electron chi connectivity index (χ0n) is 14.9. The fourth-order valence-electron chi connectivity index (χ4n) is 3.02. The summed E-state index contributed by atoms with van der Waals surface area (Å²) in [6.45, 7) is 8.38. The second-order valence-corrected chi connectivity index (χ2v) is 7.63. The van der Waals surface area contributed by atoms with E-state index < -0.39 is 23.0 Å². The molecule has 1 heterocycles. The van der Waals surface area contributed by atoms with Crippen LogP contribution in [-0.4, -0.2) is 35.4 Å². The number of hydrogen-bond donors (Lipinski definition) is 2. The van der Waals surface area contributed by atoms with Gasteiger partial charge in [0.05, 0.1) is 17.7 Å². The molecule has 1 aliphatic rings. The van der Waals surface area contributed by atoms with E-state index in [4.69, 9.17) is 10.5 Å². The van der Waals surface area contributed by atoms with Crippen molar-refractivity contribution in [1.29, 1.82) is 0 Å². The van der Waals surface area contributed by atoms with Gasteiger partial charge >= 0.3 is 5.97 Å². The highest BCUT2D eigenvalue weighted by Gasteiger charge is 2.36. The van der Waals surface area contributed by atoms with Crippen molar-refractivity contribution in [3.05, 3.63) is 23.5 Å². The molecule has 3 N–H and O–H groups in total. The number of aryl methyl sites for hydroxylation is 1. The van der Waals surface area contributed by atoms with Crippen LogP contribution < -0.4 is 10.6 Å². The average Bonchev–Trinajstić information content (AvgIpc) is 2.41. The highest BCUT2D eigenvalue weighted by molar-refractivity contribution is 5.71. The molecular weight excluding hydrogens is 311 g/mol. The second kappa shape index (κ2) is 6.59. The summed E-state index contributed by atoms with van der Waals surface area (Å²) in [7, 11) is 0. The maximum absolute atomic E-state index is 13.7. The molecule has 0 atom stereocenters. The largest absolute Gasteiger partial charge is 0.460 e. The van der Waals surface area contributed by atoms with E-state index in [-0.39, 0.29) is 12.1 Å². The first-order valence-corrected chi connectivity index (χ1v) is 8.24. The molecule has 5 nitrogen and oxygen atoms in total. The number of carbonyl (C=O) groups is 1. The molecule has 6 heteroatoms. The summed E-state index contributed by atoms with van der Waals surface area (Å²) in [6.07, 6.45) is 0.836. The van der Waals surface area contributed by atoms with Gasteiger partial charge in [0, 0.05) is 18.8 Å². The summed E-state index contributed by atoms with van der Waals surface area (Å²) in [5, 5.41) is 10.6. The lowest BCUT2D eigenvalue weighted by Crippen LogP contribution is -2.46. The van der Waals surface area contributed by atoms with Crippen LogP contribution in [0.15, 0.2) is 12.1 Å². The number of aliphatic hydroxyl groups is 1. The van der Waals surface area contributed by atoms with E-state index in [1.54, 1.807) is 26.8 Å². The fourth-order valence-corrected chi connectivity index (χ4v) is 3.02. The van der Waals surface area contributed by atoms with Crippen molar-refractivity contribution in [3.63, 3.8) is 0 Å². The Bertz CT molecular complexity index is 617. The van der Waals surface area contributed by atoms with Crippen LogP contribution >= 0.6 is 0 Å². The summed E-state index contributed by atoms with van der Waals surface area (Å²) >= 11 is 0. The minimum atomic E-state index is -1.07. The third kappa shape index (κ3) is 4.60. The molecule has 0 saturated carbocycles. The Morgan fingerprint density at radius 2 is 1.96 bits per heavy atom. The third-order valence-electron chi connectivity index (χ3n) is 4.24. The van der Waals surface area contributed by atoms with Crippen LogP contribution in [0.3, 0.4) is 0 Å². The van der Waals surface area contributed by atoms with Gasteiger partial charge in [-0.1, -0.05) is 0 Å². The first-order valence-electron chi connectivity index (χ1n) is 8.24. The molecule has 1 fully saturated rings. The summed E-state index contributed by atoms with van der Waals surface area (Å²) in [6, 6.07) is 3.05. The van der Waals surface area contributed by atoms with Crippen molar-refractivity contribution in [2.45, 2.75) is 58.2 Å². The van der Waals surface area contributed by atoms with E-state index in [9.17, 15) is 14.3 Å². The summed E-state index contributed by atoms with van der Waals surface area (Å²) in [5.41, 5.74) is 5.76. The molecule has 0 spiro atoms. The van der Waals surface area contributed by atoms with Crippen molar-refractivity contribution in [1.82, 2.24) is 0 Å². The Labute approximate surface area is 142 Å². The van der Waals surface area contributed by atoms with E-state index in [0.717, 1.165) is 11.3 Å². The minimum absolute atomic E-state index is 0.0206. The average molecular weight is 338 g/mol. The van der Waals surface area contributed by atoms with Crippen LogP contribution in [0.4, 0.5) is 15.8 Å². The number of piperidine rings is 1. The molecule has 1 aliphatic heterocycles. The normalized spacial score (nSPS) is 17.7. The van der Waals surface area contributed by atoms with Crippen LogP contribution in [0.5, 0.6) is 0 Å². The maximum Gasteiger partial charge on any atom is 0.309 e. The molecule has 0 radical (unpaired) electrons. The van der Waals surface area contributed by atoms with Gasteiger partial charge in [-0.15, -0.1) is 0 Å². The lowest BCUT2D eigenvalue weighted by molar-refractivity contribution is -0.161. The van der Waals surface area contributed by atoms with Gasteiger partial charge < -0.3 is 20.5 Å². The van der Waals surface area contributed by atoms with Crippen molar-refractivity contribution in [2.75, 3.05) is 23.7 Å². The molecule has 0 aliphatic carbocycles. The molecule has 0 aromatic heterocycles. The SMILES string of the molecule is Cc1cc(N)c(F)cc1N1CCC(O)(CC(=O)OC(C)(C)C)CC1. The molecule has 1 aromatic carbocycles. The maximum atomic E-state index is 13.7. The van der Waals surface area contributed by atoms with Gasteiger partial charge in [-0.2, -0.15) is 0 Å². The molecule has 1 saturated heterocycles. The van der Waals surface area contributed by atoms with Gasteiger partial charge in [-0.25, -0.2) is 4.39 Å². The van der Waals surface area contributed by atoms with E-state index >= 15 is 0 Å². The monoisotopic (exact) mass is 338 g/mol. The van der Waals surface area contributed by atoms with Crippen molar-refractivity contribution in [3.8, 4) is 0 Å². The number of halogens is 1. The summed E-state index contributed by atoms with van der Waals surface area (Å²) in [5.74, 6) is -0.835. The number of esters is 1. The summed E-state index contributed by atoms with van der Waals surface area (Å²) < 4.78 is 19.0. The Morgan fingerprint density at radius 1 is 1.38 bits per heavy atom. The number of nitrogens with zero attached hydrogens (tertiary/aromatic N) is 1. The lowest BCUT2D eigenvalue weighted by Gasteiger charge is -2.39. The van der Waals surface area contributed by atoms with Crippen molar-refractivity contribution >= 4 is 17.3 Å². The molecule has 0 bridgehead atoms. The highest BCUT2D eigenvalue weighted by atomic mass is 19.1. The molecule has 0 unspecified atom stereocenters. The molecule has 0 amide bonds. The molecular formula is C18H27FN2O3. The van der Waals surface area contributed by atoms with E-state index in [0.29, 0.717) is 25.9 Å². The van der Waals surface area contributed by atoms with Gasteiger partial charge in [0.15, 0.2) is 0 Å². The number of carbonyl (C=O) groups excluding carboxylic acids is 1. The van der Waals surface area contributed by atoms with E-state index in [2.05, 4.69) is 0 Å². The van der Waals surface area contributed by atoms with Crippen LogP contribution in [0, 0.1) is 12.7 Å². The molecule has 1 aromatic rings. The number of nitrogens with two attached hydrogens (primary N) is 1. The van der Waals surface area contributed by atoms with Crippen LogP contribution in [0.25, 0.3) is 0 Å². The zero-order valence-corrected chi connectivity index (χ0v) is 14.9. The Kier molecular flexibility index (Phi) is 5.08. The van der Waals surface area contributed by atoms with Crippen LogP contribution in [-0.2, 0) is 9.53 Å². The quantitative estimate of drug-likeness (QED) is 0.655. The van der Waals surface area contributed by atoms with Crippen LogP contribution in [0.2, 0.25) is 0 Å². The standard InChI is InChI=1S/C18H27FN2O3/c1-12-9-14(20)13(19)10-15(12)21-7-5-18(23,6-8-21)11-16(22)24-17(2,3)4/h9-10,23H,5-8,11,20H2,1-4H3. The van der Waals surface area contributed by atoms with E-state index in [1.807, 2.05) is 11.8 Å². The van der Waals surface area contributed by atoms with E-state index in [1.165, 1.54) is 6.07 Å². The first-order chi connectivity index (χ1) is 11.0. The van der Waals surface area contributed by atoms with Crippen molar-refractivity contribution < 1.29 is 19.0 Å². The number of nitrogen functional groups attached to an aromatic ring is 1. The van der Waals surface area contributed by atoms with Gasteiger partial charge in [0.25, 0.3) is 0 Å².